The molecule has 1 spiro atoms. The molecule has 13 heteroatoms. The molecule has 0 bridgehead atoms. The summed E-state index contributed by atoms with van der Waals surface area (Å²) in [5, 5.41) is 1.41. The molecule has 0 amide bonds. The fourth-order valence-corrected chi connectivity index (χ4v) is 8.30. The lowest BCUT2D eigenvalue weighted by atomic mass is 9.73. The number of anilines is 1. The van der Waals surface area contributed by atoms with Crippen LogP contribution in [0.1, 0.15) is 50.2 Å². The summed E-state index contributed by atoms with van der Waals surface area (Å²) in [6, 6.07) is 3.61. The summed E-state index contributed by atoms with van der Waals surface area (Å²) in [6.07, 6.45) is 7.76. The van der Waals surface area contributed by atoms with Gasteiger partial charge in [-0.05, 0) is 52.2 Å². The third-order valence-corrected chi connectivity index (χ3v) is 11.4. The smallest absolute Gasteiger partial charge is 0.260 e. The zero-order valence-electron chi connectivity index (χ0n) is 21.7. The third-order valence-electron chi connectivity index (χ3n) is 7.48. The normalized spacial score (nSPS) is 19.5. The van der Waals surface area contributed by atoms with Gasteiger partial charge in [0.15, 0.2) is 0 Å². The Hall–Kier alpha value is -2.22. The summed E-state index contributed by atoms with van der Waals surface area (Å²) in [5.74, 6) is 0.827. The summed E-state index contributed by atoms with van der Waals surface area (Å²) >= 11 is 8.42. The Morgan fingerprint density at radius 3 is 2.72 bits per heavy atom. The highest BCUT2D eigenvalue weighted by Gasteiger charge is 2.52. The highest BCUT2D eigenvalue weighted by molar-refractivity contribution is 7.99. The number of H-pyrrole nitrogens is 1. The van der Waals surface area contributed by atoms with Crippen LogP contribution in [0.2, 0.25) is 5.02 Å². The predicted molar refractivity (Wildman–Crippen MR) is 157 cm³/mol. The first-order valence-corrected chi connectivity index (χ1v) is 15.9. The van der Waals surface area contributed by atoms with Crippen molar-refractivity contribution in [3.05, 3.63) is 62.3 Å². The van der Waals surface area contributed by atoms with Crippen LogP contribution in [0.15, 0.2) is 51.1 Å². The van der Waals surface area contributed by atoms with Gasteiger partial charge in [-0.25, -0.2) is 19.9 Å². The molecule has 1 aliphatic heterocycles. The van der Waals surface area contributed by atoms with Crippen molar-refractivity contribution < 1.29 is 4.55 Å². The van der Waals surface area contributed by atoms with Gasteiger partial charge in [0.05, 0.1) is 45.9 Å². The lowest BCUT2D eigenvalue weighted by Gasteiger charge is -2.43. The van der Waals surface area contributed by atoms with E-state index in [4.69, 9.17) is 16.6 Å². The third kappa shape index (κ3) is 5.07. The van der Waals surface area contributed by atoms with Crippen LogP contribution >= 0.6 is 34.7 Å². The second-order valence-corrected chi connectivity index (χ2v) is 15.3. The first kappa shape index (κ1) is 27.0. The molecule has 2 aliphatic rings. The molecule has 1 aliphatic carbocycles. The Morgan fingerprint density at radius 1 is 1.21 bits per heavy atom. The van der Waals surface area contributed by atoms with E-state index in [1.165, 1.54) is 23.0 Å². The maximum absolute atomic E-state index is 13.0. The van der Waals surface area contributed by atoms with Gasteiger partial charge in [0, 0.05) is 39.6 Å². The van der Waals surface area contributed by atoms with E-state index in [9.17, 15) is 9.35 Å². The van der Waals surface area contributed by atoms with Gasteiger partial charge in [-0.2, -0.15) is 0 Å². The molecule has 4 heterocycles. The van der Waals surface area contributed by atoms with Gasteiger partial charge in [0.1, 0.15) is 21.6 Å². The average Bonchev–Trinajstić information content (AvgIpc) is 3.46. The first-order valence-electron chi connectivity index (χ1n) is 12.7. The van der Waals surface area contributed by atoms with E-state index in [-0.39, 0.29) is 21.8 Å². The molecule has 4 aromatic rings. The highest BCUT2D eigenvalue weighted by atomic mass is 35.5. The van der Waals surface area contributed by atoms with Crippen LogP contribution < -0.4 is 15.2 Å². The predicted octanol–water partition coefficient (Wildman–Crippen LogP) is 4.91. The van der Waals surface area contributed by atoms with Crippen molar-refractivity contribution in [2.24, 2.45) is 5.41 Å². The van der Waals surface area contributed by atoms with Gasteiger partial charge >= 0.3 is 0 Å². The van der Waals surface area contributed by atoms with Gasteiger partial charge in [-0.3, -0.25) is 4.79 Å². The Bertz CT molecular complexity index is 1560. The molecule has 3 aromatic heterocycles. The van der Waals surface area contributed by atoms with E-state index < -0.39 is 11.4 Å². The molecule has 2 N–H and O–H groups in total. The minimum atomic E-state index is -1.18. The topological polar surface area (TPSA) is 123 Å². The van der Waals surface area contributed by atoms with Crippen molar-refractivity contribution in [2.45, 2.75) is 60.7 Å². The number of thiazole rings is 1. The van der Waals surface area contributed by atoms with Crippen molar-refractivity contribution in [1.82, 2.24) is 29.6 Å². The Kier molecular flexibility index (Phi) is 7.13. The van der Waals surface area contributed by atoms with Crippen LogP contribution in [0.3, 0.4) is 0 Å². The zero-order chi connectivity index (χ0) is 27.4. The van der Waals surface area contributed by atoms with Crippen LogP contribution in [0, 0.1) is 5.41 Å². The summed E-state index contributed by atoms with van der Waals surface area (Å²) in [4.78, 5) is 37.3. The Balaban J connectivity index is 1.15. The average molecular weight is 602 g/mol. The van der Waals surface area contributed by atoms with Gasteiger partial charge in [0.25, 0.3) is 5.56 Å². The Labute approximate surface area is 242 Å². The second kappa shape index (κ2) is 10.3. The number of aromatic nitrogens is 5. The molecular weight excluding hydrogens is 574 g/mol. The van der Waals surface area contributed by atoms with Gasteiger partial charge in [0.2, 0.25) is 0 Å². The van der Waals surface area contributed by atoms with E-state index in [1.807, 2.05) is 32.3 Å². The molecular formula is C26H28ClN7O2S3. The SMILES string of the molecule is CC(C)(C)[S@@+]([O-])N[C@@H]1c2ncsc2CC12CCN(c1cnc(Sc3ccc4nc[nH]c(=O)c4c3Cl)cn1)CC2. The fraction of sp³-hybridized carbons (Fsp3) is 0.423. The van der Waals surface area contributed by atoms with Crippen molar-refractivity contribution >= 4 is 62.8 Å². The van der Waals surface area contributed by atoms with Gasteiger partial charge in [-0.15, -0.1) is 16.1 Å². The molecule has 1 aromatic carbocycles. The van der Waals surface area contributed by atoms with E-state index >= 15 is 0 Å². The molecule has 204 valence electrons. The molecule has 9 nitrogen and oxygen atoms in total. The second-order valence-electron chi connectivity index (χ2n) is 10.9. The molecule has 0 unspecified atom stereocenters. The number of halogens is 1. The van der Waals surface area contributed by atoms with Crippen LogP contribution in [-0.4, -0.2) is 47.3 Å². The molecule has 0 radical (unpaired) electrons. The summed E-state index contributed by atoms with van der Waals surface area (Å²) in [7, 11) is 0. The molecule has 6 rings (SSSR count). The summed E-state index contributed by atoms with van der Waals surface area (Å²) < 4.78 is 16.2. The largest absolute Gasteiger partial charge is 0.598 e. The van der Waals surface area contributed by atoms with E-state index in [2.05, 4.69) is 29.6 Å². The highest BCUT2D eigenvalue weighted by Crippen LogP contribution is 2.53. The van der Waals surface area contributed by atoms with E-state index in [1.54, 1.807) is 29.8 Å². The summed E-state index contributed by atoms with van der Waals surface area (Å²) in [6.45, 7) is 7.65. The minimum absolute atomic E-state index is 0.00437. The lowest BCUT2D eigenvalue weighted by Crippen LogP contribution is -2.50. The van der Waals surface area contributed by atoms with E-state index in [0.717, 1.165) is 48.8 Å². The van der Waals surface area contributed by atoms with Crippen LogP contribution in [0.4, 0.5) is 5.82 Å². The molecule has 0 saturated carbocycles. The van der Waals surface area contributed by atoms with Crippen molar-refractivity contribution in [1.29, 1.82) is 0 Å². The number of piperidine rings is 1. The van der Waals surface area contributed by atoms with Crippen molar-refractivity contribution in [3.8, 4) is 0 Å². The fourth-order valence-electron chi connectivity index (χ4n) is 5.29. The van der Waals surface area contributed by atoms with Crippen molar-refractivity contribution in [2.75, 3.05) is 18.0 Å². The number of aromatic amines is 1. The van der Waals surface area contributed by atoms with E-state index in [0.29, 0.717) is 21.0 Å². The van der Waals surface area contributed by atoms with Crippen LogP contribution in [0.25, 0.3) is 10.9 Å². The quantitative estimate of drug-likeness (QED) is 0.307. The van der Waals surface area contributed by atoms with Crippen LogP contribution in [-0.2, 0) is 17.8 Å². The van der Waals surface area contributed by atoms with Crippen LogP contribution in [0.5, 0.6) is 0 Å². The number of hydrogen-bond donors (Lipinski definition) is 2. The number of rotatable bonds is 5. The lowest BCUT2D eigenvalue weighted by molar-refractivity contribution is 0.174. The molecule has 39 heavy (non-hydrogen) atoms. The molecule has 1 saturated heterocycles. The molecule has 1 fully saturated rings. The standard InChI is InChI=1S/C26H28ClN7O2S3/c1-25(2,3)39(36)33-23-22-17(37-14-32-22)10-26(23)6-8-34(9-7-26)18-11-29-19(12-28-18)38-16-5-4-15-20(21(16)27)24(35)31-13-30-15/h4-5,11-14,23,33H,6-10H2,1-3H3,(H,30,31,35)/t23-,39-/m1/s1. The van der Waals surface area contributed by atoms with Crippen molar-refractivity contribution in [3.63, 3.8) is 0 Å². The number of benzene rings is 1. The maximum Gasteiger partial charge on any atom is 0.260 e. The Morgan fingerprint density at radius 2 is 2.00 bits per heavy atom. The minimum Gasteiger partial charge on any atom is -0.598 e. The first-order chi connectivity index (χ1) is 18.6. The van der Waals surface area contributed by atoms with Gasteiger partial charge in [-0.1, -0.05) is 23.4 Å². The number of nitrogens with one attached hydrogen (secondary N) is 2. The number of nitrogens with zero attached hydrogens (tertiary/aromatic N) is 5. The monoisotopic (exact) mass is 601 g/mol. The molecule has 2 atom stereocenters. The van der Waals surface area contributed by atoms with Gasteiger partial charge < -0.3 is 14.4 Å². The number of fused-ring (bicyclic) bond motifs is 2. The zero-order valence-corrected chi connectivity index (χ0v) is 24.9. The summed E-state index contributed by atoms with van der Waals surface area (Å²) in [5.41, 5.74) is 3.24. The number of hydrogen-bond acceptors (Lipinski definition) is 10. The maximum atomic E-state index is 13.0.